The second-order valence-electron chi connectivity index (χ2n) is 11.7. The van der Waals surface area contributed by atoms with E-state index in [9.17, 15) is 22.8 Å². The Labute approximate surface area is 231 Å². The number of nitrogens with zero attached hydrogens (tertiary/aromatic N) is 3. The van der Waals surface area contributed by atoms with Gasteiger partial charge in [-0.3, -0.25) is 14.4 Å². The molecule has 11 heteroatoms. The summed E-state index contributed by atoms with van der Waals surface area (Å²) >= 11 is 0. The van der Waals surface area contributed by atoms with Crippen LogP contribution < -0.4 is 10.6 Å². The van der Waals surface area contributed by atoms with Gasteiger partial charge in [-0.1, -0.05) is 43.5 Å². The van der Waals surface area contributed by atoms with E-state index in [4.69, 9.17) is 0 Å². The molecular formula is C28H41N5O5S. The molecule has 0 bridgehead atoms. The molecule has 0 spiro atoms. The number of likely N-dealkylation sites (N-methyl/N-ethyl adjacent to an activating group) is 1. The molecular weight excluding hydrogens is 518 g/mol. The van der Waals surface area contributed by atoms with Crippen LogP contribution in [0.2, 0.25) is 0 Å². The summed E-state index contributed by atoms with van der Waals surface area (Å²) in [5.41, 5.74) is 2.19. The minimum Gasteiger partial charge on any atom is -0.343 e. The summed E-state index contributed by atoms with van der Waals surface area (Å²) in [5.74, 6) is -1.17. The Morgan fingerprint density at radius 1 is 1.00 bits per heavy atom. The Kier molecular flexibility index (Phi) is 8.03. The minimum absolute atomic E-state index is 0.0213. The smallest absolute Gasteiger partial charge is 0.245 e. The molecule has 214 valence electrons. The van der Waals surface area contributed by atoms with Crippen molar-refractivity contribution in [3.8, 4) is 0 Å². The van der Waals surface area contributed by atoms with Crippen LogP contribution >= 0.6 is 0 Å². The zero-order chi connectivity index (χ0) is 27.9. The lowest BCUT2D eigenvalue weighted by Crippen LogP contribution is -2.58. The Morgan fingerprint density at radius 2 is 1.64 bits per heavy atom. The van der Waals surface area contributed by atoms with E-state index in [0.717, 1.165) is 43.2 Å². The average Bonchev–Trinajstić information content (AvgIpc) is 3.64. The molecule has 4 aliphatic rings. The van der Waals surface area contributed by atoms with Gasteiger partial charge in [-0.25, -0.2) is 8.42 Å². The minimum atomic E-state index is -3.58. The van der Waals surface area contributed by atoms with Crippen LogP contribution in [-0.4, -0.2) is 90.8 Å². The maximum absolute atomic E-state index is 14.3. The zero-order valence-electron chi connectivity index (χ0n) is 23.1. The molecule has 1 saturated carbocycles. The van der Waals surface area contributed by atoms with Gasteiger partial charge in [0.15, 0.2) is 0 Å². The first-order valence-electron chi connectivity index (χ1n) is 14.2. The van der Waals surface area contributed by atoms with Gasteiger partial charge in [0.2, 0.25) is 27.7 Å². The Hall–Kier alpha value is -2.50. The van der Waals surface area contributed by atoms with Gasteiger partial charge in [0.05, 0.1) is 24.3 Å². The van der Waals surface area contributed by atoms with E-state index < -0.39 is 40.1 Å². The molecule has 1 aromatic rings. The molecule has 3 fully saturated rings. The standard InChI is InChI=1S/C28H41N5O5S/c1-18(29-2)26(34)30-24(19-9-5-4-6-10-19)28(36)32-14-13-23-25(32)22(17-33(23)39(3,37)38)27(35)31-15-20-11-7-8-12-21(20)16-31/h7-8,11-12,18-19,22-25,29H,4-6,9-10,13-17H2,1-3H3,(H,30,34)/t18-,22-,23?,24-,25+/m0/s1. The summed E-state index contributed by atoms with van der Waals surface area (Å²) in [7, 11) is -1.87. The third kappa shape index (κ3) is 5.45. The Bertz CT molecular complexity index is 1190. The molecule has 2 saturated heterocycles. The van der Waals surface area contributed by atoms with Crippen molar-refractivity contribution >= 4 is 27.7 Å². The van der Waals surface area contributed by atoms with E-state index in [1.165, 1.54) is 10.6 Å². The summed E-state index contributed by atoms with van der Waals surface area (Å²) in [6, 6.07) is 5.80. The van der Waals surface area contributed by atoms with Crippen LogP contribution in [0.25, 0.3) is 0 Å². The van der Waals surface area contributed by atoms with Crippen molar-refractivity contribution < 1.29 is 22.8 Å². The number of hydrogen-bond donors (Lipinski definition) is 2. The monoisotopic (exact) mass is 559 g/mol. The number of amides is 3. The molecule has 3 amide bonds. The van der Waals surface area contributed by atoms with Crippen molar-refractivity contribution in [2.45, 2.75) is 82.7 Å². The summed E-state index contributed by atoms with van der Waals surface area (Å²) in [5, 5.41) is 5.97. The predicted molar refractivity (Wildman–Crippen MR) is 147 cm³/mol. The quantitative estimate of drug-likeness (QED) is 0.516. The van der Waals surface area contributed by atoms with E-state index in [2.05, 4.69) is 10.6 Å². The predicted octanol–water partition coefficient (Wildman–Crippen LogP) is 1.06. The fourth-order valence-electron chi connectivity index (χ4n) is 7.06. The molecule has 5 rings (SSSR count). The largest absolute Gasteiger partial charge is 0.343 e. The normalized spacial score (nSPS) is 27.2. The number of fused-ring (bicyclic) bond motifs is 2. The van der Waals surface area contributed by atoms with Gasteiger partial charge in [0.1, 0.15) is 6.04 Å². The van der Waals surface area contributed by atoms with E-state index in [1.807, 2.05) is 24.3 Å². The van der Waals surface area contributed by atoms with Gasteiger partial charge in [-0.2, -0.15) is 4.31 Å². The third-order valence-electron chi connectivity index (χ3n) is 9.27. The van der Waals surface area contributed by atoms with Gasteiger partial charge in [0.25, 0.3) is 0 Å². The third-order valence-corrected chi connectivity index (χ3v) is 10.5. The van der Waals surface area contributed by atoms with Crippen molar-refractivity contribution in [2.75, 3.05) is 26.4 Å². The first kappa shape index (κ1) is 28.0. The van der Waals surface area contributed by atoms with E-state index in [-0.39, 0.29) is 30.2 Å². The Morgan fingerprint density at radius 3 is 2.23 bits per heavy atom. The van der Waals surface area contributed by atoms with Gasteiger partial charge < -0.3 is 20.4 Å². The summed E-state index contributed by atoms with van der Waals surface area (Å²) in [4.78, 5) is 44.7. The molecule has 39 heavy (non-hydrogen) atoms. The molecule has 3 aliphatic heterocycles. The number of carbonyl (C=O) groups excluding carboxylic acids is 3. The lowest BCUT2D eigenvalue weighted by molar-refractivity contribution is -0.143. The highest BCUT2D eigenvalue weighted by atomic mass is 32.2. The van der Waals surface area contributed by atoms with Crippen LogP contribution in [0.4, 0.5) is 0 Å². The summed E-state index contributed by atoms with van der Waals surface area (Å²) in [6.07, 6.45) is 6.51. The van der Waals surface area contributed by atoms with Crippen LogP contribution in [-0.2, 0) is 37.5 Å². The molecule has 1 unspecified atom stereocenters. The lowest BCUT2D eigenvalue weighted by Gasteiger charge is -2.37. The van der Waals surface area contributed by atoms with Gasteiger partial charge in [-0.15, -0.1) is 0 Å². The number of carbonyl (C=O) groups is 3. The number of rotatable bonds is 7. The highest BCUT2D eigenvalue weighted by Crippen LogP contribution is 2.40. The van der Waals surface area contributed by atoms with Gasteiger partial charge in [0, 0.05) is 32.2 Å². The average molecular weight is 560 g/mol. The highest BCUT2D eigenvalue weighted by Gasteiger charge is 2.57. The molecule has 5 atom stereocenters. The SMILES string of the molecule is CN[C@@H](C)C(=O)N[C@H](C(=O)N1CCC2[C@H]1[C@@H](C(=O)N1Cc3ccccc3C1)CN2S(C)(=O)=O)C1CCCCC1. The fourth-order valence-corrected chi connectivity index (χ4v) is 8.21. The first-order chi connectivity index (χ1) is 18.6. The number of sulfonamides is 1. The summed E-state index contributed by atoms with van der Waals surface area (Å²) < 4.78 is 27.0. The number of nitrogens with one attached hydrogen (secondary N) is 2. The molecule has 2 N–H and O–H groups in total. The van der Waals surface area contributed by atoms with Gasteiger partial charge >= 0.3 is 0 Å². The second-order valence-corrected chi connectivity index (χ2v) is 13.6. The maximum atomic E-state index is 14.3. The van der Waals surface area contributed by atoms with Crippen molar-refractivity contribution in [2.24, 2.45) is 11.8 Å². The molecule has 0 radical (unpaired) electrons. The lowest BCUT2D eigenvalue weighted by atomic mass is 9.83. The van der Waals surface area contributed by atoms with Crippen LogP contribution in [0.3, 0.4) is 0 Å². The molecule has 1 aliphatic carbocycles. The maximum Gasteiger partial charge on any atom is 0.245 e. The number of likely N-dealkylation sites (tertiary alicyclic amines) is 1. The van der Waals surface area contributed by atoms with Crippen LogP contribution in [0, 0.1) is 11.8 Å². The van der Waals surface area contributed by atoms with E-state index >= 15 is 0 Å². The van der Waals surface area contributed by atoms with Crippen molar-refractivity contribution in [1.29, 1.82) is 0 Å². The Balaban J connectivity index is 1.42. The molecule has 0 aromatic heterocycles. The number of hydrogen-bond acceptors (Lipinski definition) is 6. The van der Waals surface area contributed by atoms with Crippen LogP contribution in [0.5, 0.6) is 0 Å². The van der Waals surface area contributed by atoms with Crippen molar-refractivity contribution in [3.05, 3.63) is 35.4 Å². The zero-order valence-corrected chi connectivity index (χ0v) is 24.0. The van der Waals surface area contributed by atoms with E-state index in [0.29, 0.717) is 26.1 Å². The summed E-state index contributed by atoms with van der Waals surface area (Å²) in [6.45, 7) is 3.16. The molecule has 10 nitrogen and oxygen atoms in total. The molecule has 3 heterocycles. The van der Waals surface area contributed by atoms with Crippen LogP contribution in [0.15, 0.2) is 24.3 Å². The molecule has 1 aromatic carbocycles. The number of benzene rings is 1. The topological polar surface area (TPSA) is 119 Å². The van der Waals surface area contributed by atoms with Crippen molar-refractivity contribution in [3.63, 3.8) is 0 Å². The van der Waals surface area contributed by atoms with Gasteiger partial charge in [-0.05, 0) is 50.3 Å². The van der Waals surface area contributed by atoms with E-state index in [1.54, 1.807) is 23.8 Å². The van der Waals surface area contributed by atoms with Crippen molar-refractivity contribution in [1.82, 2.24) is 24.7 Å². The first-order valence-corrected chi connectivity index (χ1v) is 16.1. The highest BCUT2D eigenvalue weighted by molar-refractivity contribution is 7.88. The second kappa shape index (κ2) is 11.2. The fraction of sp³-hybridized carbons (Fsp3) is 0.679. The van der Waals surface area contributed by atoms with Crippen LogP contribution in [0.1, 0.15) is 56.6 Å².